The third-order valence-electron chi connectivity index (χ3n) is 5.42. The highest BCUT2D eigenvalue weighted by Gasteiger charge is 2.27. The first kappa shape index (κ1) is 19.1. The average Bonchev–Trinajstić information content (AvgIpc) is 2.79. The van der Waals surface area contributed by atoms with Crippen molar-refractivity contribution in [1.29, 1.82) is 0 Å². The molecular weight excluding hydrogens is 364 g/mol. The summed E-state index contributed by atoms with van der Waals surface area (Å²) in [5, 5.41) is 2.13. The van der Waals surface area contributed by atoms with Crippen LogP contribution in [0.2, 0.25) is 0 Å². The normalized spacial score (nSPS) is 15.2. The Bertz CT molecular complexity index is 991. The highest BCUT2D eigenvalue weighted by molar-refractivity contribution is 5.89. The van der Waals surface area contributed by atoms with Crippen LogP contribution in [0.1, 0.15) is 6.92 Å². The minimum atomic E-state index is -0.529. The summed E-state index contributed by atoms with van der Waals surface area (Å²) in [6.07, 6.45) is -0.529. The number of ether oxygens (including phenoxy) is 2. The minimum absolute atomic E-state index is 0.0256. The van der Waals surface area contributed by atoms with Gasteiger partial charge in [-0.25, -0.2) is 0 Å². The van der Waals surface area contributed by atoms with E-state index in [-0.39, 0.29) is 5.91 Å². The van der Waals surface area contributed by atoms with Gasteiger partial charge >= 0.3 is 0 Å². The molecule has 1 aliphatic rings. The van der Waals surface area contributed by atoms with E-state index in [1.165, 1.54) is 0 Å². The molecule has 5 nitrogen and oxygen atoms in total. The van der Waals surface area contributed by atoms with Crippen LogP contribution in [0.15, 0.2) is 66.7 Å². The van der Waals surface area contributed by atoms with Gasteiger partial charge in [0.05, 0.1) is 12.8 Å². The van der Waals surface area contributed by atoms with Crippen LogP contribution in [0, 0.1) is 0 Å². The standard InChI is InChI=1S/C24H26N2O3/c1-18(29-22-13-7-9-19-8-3-4-10-20(19)22)24(27)26-16-14-25(15-17-26)21-11-5-6-12-23(21)28-2/h3-13,18H,14-17H2,1-2H3/t18-/m0/s1. The number of piperazine rings is 1. The Kier molecular flexibility index (Phi) is 5.56. The van der Waals surface area contributed by atoms with Crippen molar-refractivity contribution in [3.05, 3.63) is 66.7 Å². The lowest BCUT2D eigenvalue weighted by molar-refractivity contribution is -0.138. The van der Waals surface area contributed by atoms with Crippen LogP contribution in [0.25, 0.3) is 10.8 Å². The third-order valence-corrected chi connectivity index (χ3v) is 5.42. The molecule has 29 heavy (non-hydrogen) atoms. The zero-order chi connectivity index (χ0) is 20.2. The fourth-order valence-electron chi connectivity index (χ4n) is 3.86. The predicted octanol–water partition coefficient (Wildman–Crippen LogP) is 3.96. The fraction of sp³-hybridized carbons (Fsp3) is 0.292. The molecule has 3 aromatic rings. The summed E-state index contributed by atoms with van der Waals surface area (Å²) in [4.78, 5) is 17.1. The molecule has 1 atom stereocenters. The first-order chi connectivity index (χ1) is 14.2. The van der Waals surface area contributed by atoms with Gasteiger partial charge in [-0.05, 0) is 30.5 Å². The zero-order valence-electron chi connectivity index (χ0n) is 16.9. The number of benzene rings is 3. The van der Waals surface area contributed by atoms with Crippen molar-refractivity contribution in [2.75, 3.05) is 38.2 Å². The Hall–Kier alpha value is -3.21. The van der Waals surface area contributed by atoms with E-state index in [4.69, 9.17) is 9.47 Å². The molecule has 0 bridgehead atoms. The van der Waals surface area contributed by atoms with E-state index in [2.05, 4.69) is 11.0 Å². The number of carbonyl (C=O) groups excluding carboxylic acids is 1. The average molecular weight is 390 g/mol. The van der Waals surface area contributed by atoms with Gasteiger partial charge in [0.1, 0.15) is 11.5 Å². The Balaban J connectivity index is 1.40. The minimum Gasteiger partial charge on any atom is -0.495 e. The van der Waals surface area contributed by atoms with Crippen molar-refractivity contribution in [1.82, 2.24) is 4.90 Å². The second-order valence-corrected chi connectivity index (χ2v) is 7.22. The number of anilines is 1. The molecule has 0 saturated carbocycles. The van der Waals surface area contributed by atoms with Crippen LogP contribution < -0.4 is 14.4 Å². The molecule has 0 unspecified atom stereocenters. The molecule has 0 aromatic heterocycles. The first-order valence-electron chi connectivity index (χ1n) is 9.98. The molecule has 1 aliphatic heterocycles. The second kappa shape index (κ2) is 8.43. The largest absolute Gasteiger partial charge is 0.495 e. The van der Waals surface area contributed by atoms with E-state index in [1.54, 1.807) is 7.11 Å². The van der Waals surface area contributed by atoms with E-state index < -0.39 is 6.10 Å². The van der Waals surface area contributed by atoms with Crippen molar-refractivity contribution in [2.24, 2.45) is 0 Å². The molecule has 1 amide bonds. The fourth-order valence-corrected chi connectivity index (χ4v) is 3.86. The number of hydrogen-bond acceptors (Lipinski definition) is 4. The SMILES string of the molecule is COc1ccccc1N1CCN(C(=O)[C@H](C)Oc2cccc3ccccc23)CC1. The van der Waals surface area contributed by atoms with Crippen molar-refractivity contribution in [3.63, 3.8) is 0 Å². The van der Waals surface area contributed by atoms with Crippen molar-refractivity contribution < 1.29 is 14.3 Å². The topological polar surface area (TPSA) is 42.0 Å². The van der Waals surface area contributed by atoms with Crippen molar-refractivity contribution in [2.45, 2.75) is 13.0 Å². The number of methoxy groups -OCH3 is 1. The number of fused-ring (bicyclic) bond motifs is 1. The maximum absolute atomic E-state index is 13.0. The van der Waals surface area contributed by atoms with Gasteiger partial charge < -0.3 is 19.3 Å². The number of carbonyl (C=O) groups is 1. The van der Waals surface area contributed by atoms with Crippen LogP contribution in [-0.4, -0.2) is 50.2 Å². The molecule has 1 fully saturated rings. The Labute approximate surface area is 171 Å². The Morgan fingerprint density at radius 3 is 2.31 bits per heavy atom. The van der Waals surface area contributed by atoms with E-state index >= 15 is 0 Å². The maximum Gasteiger partial charge on any atom is 0.263 e. The molecule has 1 saturated heterocycles. The van der Waals surface area contributed by atoms with Crippen molar-refractivity contribution >= 4 is 22.4 Å². The molecule has 3 aromatic carbocycles. The van der Waals surface area contributed by atoms with Crippen LogP contribution in [0.3, 0.4) is 0 Å². The van der Waals surface area contributed by atoms with Crippen molar-refractivity contribution in [3.8, 4) is 11.5 Å². The quantitative estimate of drug-likeness (QED) is 0.661. The summed E-state index contributed by atoms with van der Waals surface area (Å²) >= 11 is 0. The van der Waals surface area contributed by atoms with E-state index in [1.807, 2.05) is 72.5 Å². The van der Waals surface area contributed by atoms with Gasteiger partial charge in [-0.1, -0.05) is 48.5 Å². The van der Waals surface area contributed by atoms with E-state index in [9.17, 15) is 4.79 Å². The molecule has 150 valence electrons. The van der Waals surface area contributed by atoms with E-state index in [0.29, 0.717) is 13.1 Å². The van der Waals surface area contributed by atoms with Gasteiger partial charge in [0.15, 0.2) is 6.10 Å². The highest BCUT2D eigenvalue weighted by atomic mass is 16.5. The summed E-state index contributed by atoms with van der Waals surface area (Å²) in [6.45, 7) is 4.71. The molecule has 0 radical (unpaired) electrons. The number of nitrogens with zero attached hydrogens (tertiary/aromatic N) is 2. The lowest BCUT2D eigenvalue weighted by Gasteiger charge is -2.37. The van der Waals surface area contributed by atoms with Gasteiger partial charge in [-0.2, -0.15) is 0 Å². The highest BCUT2D eigenvalue weighted by Crippen LogP contribution is 2.29. The Morgan fingerprint density at radius 1 is 0.862 bits per heavy atom. The Morgan fingerprint density at radius 2 is 1.52 bits per heavy atom. The summed E-state index contributed by atoms with van der Waals surface area (Å²) in [5.74, 6) is 1.63. The van der Waals surface area contributed by atoms with Crippen LogP contribution in [-0.2, 0) is 4.79 Å². The zero-order valence-corrected chi connectivity index (χ0v) is 16.9. The number of amides is 1. The molecule has 0 spiro atoms. The molecular formula is C24H26N2O3. The number of rotatable bonds is 5. The number of para-hydroxylation sites is 2. The molecule has 5 heteroatoms. The maximum atomic E-state index is 13.0. The van der Waals surface area contributed by atoms with Gasteiger partial charge in [0.25, 0.3) is 5.91 Å². The monoisotopic (exact) mass is 390 g/mol. The van der Waals surface area contributed by atoms with E-state index in [0.717, 1.165) is 41.0 Å². The first-order valence-corrected chi connectivity index (χ1v) is 9.98. The van der Waals surface area contributed by atoms with Crippen LogP contribution in [0.4, 0.5) is 5.69 Å². The van der Waals surface area contributed by atoms with Crippen LogP contribution in [0.5, 0.6) is 11.5 Å². The second-order valence-electron chi connectivity index (χ2n) is 7.22. The summed E-state index contributed by atoms with van der Waals surface area (Å²) in [5.41, 5.74) is 1.07. The summed E-state index contributed by atoms with van der Waals surface area (Å²) in [6, 6.07) is 22.0. The lowest BCUT2D eigenvalue weighted by atomic mass is 10.1. The predicted molar refractivity (Wildman–Crippen MR) is 116 cm³/mol. The molecule has 0 N–H and O–H groups in total. The number of hydrogen-bond donors (Lipinski definition) is 0. The van der Waals surface area contributed by atoms with Crippen LogP contribution >= 0.6 is 0 Å². The summed E-state index contributed by atoms with van der Waals surface area (Å²) in [7, 11) is 1.69. The smallest absolute Gasteiger partial charge is 0.263 e. The molecule has 4 rings (SSSR count). The molecule has 1 heterocycles. The van der Waals surface area contributed by atoms with Gasteiger partial charge in [-0.15, -0.1) is 0 Å². The third kappa shape index (κ3) is 3.99. The van der Waals surface area contributed by atoms with Gasteiger partial charge in [0, 0.05) is 31.6 Å². The molecule has 0 aliphatic carbocycles. The summed E-state index contributed by atoms with van der Waals surface area (Å²) < 4.78 is 11.5. The van der Waals surface area contributed by atoms with Gasteiger partial charge in [0.2, 0.25) is 0 Å². The van der Waals surface area contributed by atoms with Gasteiger partial charge in [-0.3, -0.25) is 4.79 Å². The lowest BCUT2D eigenvalue weighted by Crippen LogP contribution is -2.52.